The van der Waals surface area contributed by atoms with E-state index in [1.807, 2.05) is 0 Å². The summed E-state index contributed by atoms with van der Waals surface area (Å²) in [4.78, 5) is 22.0. The molecule has 0 bridgehead atoms. The summed E-state index contributed by atoms with van der Waals surface area (Å²) in [6.45, 7) is -3.18. The fourth-order valence-corrected chi connectivity index (χ4v) is 1.28. The van der Waals surface area contributed by atoms with Crippen LogP contribution in [0.15, 0.2) is 12.1 Å². The Labute approximate surface area is 101 Å². The third-order valence-corrected chi connectivity index (χ3v) is 1.99. The van der Waals surface area contributed by atoms with Crippen LogP contribution in [-0.4, -0.2) is 26.0 Å². The molecule has 7 heteroatoms. The van der Waals surface area contributed by atoms with Crippen LogP contribution in [0.2, 0.25) is 0 Å². The molecule has 0 aromatic heterocycles. The van der Waals surface area contributed by atoms with Crippen molar-refractivity contribution < 1.29 is 27.8 Å². The first-order valence-corrected chi connectivity index (χ1v) is 4.60. The SMILES string of the molecule is COC(=O)c1cc(C#N)c(OC(F)F)c(C=O)c1. The molecule has 1 aromatic carbocycles. The van der Waals surface area contributed by atoms with Gasteiger partial charge in [-0.2, -0.15) is 14.0 Å². The molecule has 0 unspecified atom stereocenters. The lowest BCUT2D eigenvalue weighted by atomic mass is 10.1. The number of carbonyl (C=O) groups is 2. The number of aldehydes is 1. The van der Waals surface area contributed by atoms with Crippen molar-refractivity contribution in [1.82, 2.24) is 0 Å². The van der Waals surface area contributed by atoms with Crippen molar-refractivity contribution in [3.05, 3.63) is 28.8 Å². The van der Waals surface area contributed by atoms with Crippen molar-refractivity contribution in [3.63, 3.8) is 0 Å². The van der Waals surface area contributed by atoms with Crippen LogP contribution in [0.4, 0.5) is 8.78 Å². The minimum atomic E-state index is -3.18. The molecule has 0 saturated heterocycles. The van der Waals surface area contributed by atoms with E-state index in [9.17, 15) is 18.4 Å². The topological polar surface area (TPSA) is 76.4 Å². The van der Waals surface area contributed by atoms with Crippen molar-refractivity contribution in [2.75, 3.05) is 7.11 Å². The van der Waals surface area contributed by atoms with Gasteiger partial charge in [0.25, 0.3) is 0 Å². The first kappa shape index (κ1) is 13.6. The fourth-order valence-electron chi connectivity index (χ4n) is 1.28. The minimum Gasteiger partial charge on any atom is -0.465 e. The van der Waals surface area contributed by atoms with E-state index in [4.69, 9.17) is 5.26 Å². The van der Waals surface area contributed by atoms with E-state index in [1.165, 1.54) is 0 Å². The summed E-state index contributed by atoms with van der Waals surface area (Å²) in [6, 6.07) is 3.59. The summed E-state index contributed by atoms with van der Waals surface area (Å²) < 4.78 is 32.8. The van der Waals surface area contributed by atoms with E-state index in [2.05, 4.69) is 9.47 Å². The van der Waals surface area contributed by atoms with Crippen molar-refractivity contribution >= 4 is 12.3 Å². The highest BCUT2D eigenvalue weighted by Crippen LogP contribution is 2.26. The van der Waals surface area contributed by atoms with Gasteiger partial charge in [0.1, 0.15) is 6.07 Å². The highest BCUT2D eigenvalue weighted by atomic mass is 19.3. The van der Waals surface area contributed by atoms with Crippen LogP contribution in [0.1, 0.15) is 26.3 Å². The zero-order chi connectivity index (χ0) is 13.7. The molecule has 18 heavy (non-hydrogen) atoms. The number of hydrogen-bond acceptors (Lipinski definition) is 5. The summed E-state index contributed by atoms with van der Waals surface area (Å²) >= 11 is 0. The first-order chi connectivity index (χ1) is 8.53. The third kappa shape index (κ3) is 2.79. The molecular weight excluding hydrogens is 248 g/mol. The Morgan fingerprint density at radius 1 is 1.50 bits per heavy atom. The molecule has 1 rings (SSSR count). The van der Waals surface area contributed by atoms with Crippen molar-refractivity contribution in [2.45, 2.75) is 6.61 Å². The maximum absolute atomic E-state index is 12.1. The van der Waals surface area contributed by atoms with E-state index < -0.39 is 18.3 Å². The van der Waals surface area contributed by atoms with Crippen molar-refractivity contribution in [2.24, 2.45) is 0 Å². The highest BCUT2D eigenvalue weighted by Gasteiger charge is 2.18. The van der Waals surface area contributed by atoms with Gasteiger partial charge in [0, 0.05) is 0 Å². The number of benzene rings is 1. The molecule has 0 aliphatic rings. The molecule has 0 aliphatic carbocycles. The van der Waals surface area contributed by atoms with Gasteiger partial charge >= 0.3 is 12.6 Å². The van der Waals surface area contributed by atoms with E-state index >= 15 is 0 Å². The normalized spacial score (nSPS) is 9.72. The van der Waals surface area contributed by atoms with Crippen molar-refractivity contribution in [3.8, 4) is 11.8 Å². The van der Waals surface area contributed by atoms with E-state index in [0.29, 0.717) is 0 Å². The van der Waals surface area contributed by atoms with Gasteiger partial charge in [-0.05, 0) is 12.1 Å². The molecule has 0 fully saturated rings. The number of carbonyl (C=O) groups excluding carboxylic acids is 2. The Hall–Kier alpha value is -2.49. The van der Waals surface area contributed by atoms with Gasteiger partial charge in [-0.15, -0.1) is 0 Å². The molecule has 5 nitrogen and oxygen atoms in total. The molecule has 0 spiro atoms. The highest BCUT2D eigenvalue weighted by molar-refractivity contribution is 5.93. The first-order valence-electron chi connectivity index (χ1n) is 4.60. The predicted octanol–water partition coefficient (Wildman–Crippen LogP) is 1.76. The molecule has 0 heterocycles. The van der Waals surface area contributed by atoms with Crippen LogP contribution in [0, 0.1) is 11.3 Å². The van der Waals surface area contributed by atoms with Crippen LogP contribution in [-0.2, 0) is 4.74 Å². The Bertz CT molecular complexity index is 523. The fraction of sp³-hybridized carbons (Fsp3) is 0.182. The largest absolute Gasteiger partial charge is 0.465 e. The smallest absolute Gasteiger partial charge is 0.387 e. The number of methoxy groups -OCH3 is 1. The third-order valence-electron chi connectivity index (χ3n) is 1.99. The zero-order valence-corrected chi connectivity index (χ0v) is 9.15. The van der Waals surface area contributed by atoms with Crippen LogP contribution < -0.4 is 4.74 Å². The Morgan fingerprint density at radius 2 is 2.17 bits per heavy atom. The number of halogens is 2. The number of nitriles is 1. The average molecular weight is 255 g/mol. The maximum Gasteiger partial charge on any atom is 0.387 e. The van der Waals surface area contributed by atoms with Crippen LogP contribution in [0.5, 0.6) is 5.75 Å². The second kappa shape index (κ2) is 5.72. The lowest BCUT2D eigenvalue weighted by molar-refractivity contribution is -0.0502. The van der Waals surface area contributed by atoms with Crippen LogP contribution >= 0.6 is 0 Å². The molecule has 0 N–H and O–H groups in total. The summed E-state index contributed by atoms with van der Waals surface area (Å²) in [5.74, 6) is -1.35. The molecule has 0 radical (unpaired) electrons. The second-order valence-corrected chi connectivity index (χ2v) is 3.04. The molecule has 0 amide bonds. The number of alkyl halides is 2. The minimum absolute atomic E-state index is 0.0993. The summed E-state index contributed by atoms with van der Waals surface area (Å²) in [6.07, 6.45) is 0.213. The monoisotopic (exact) mass is 255 g/mol. The molecule has 0 saturated carbocycles. The number of esters is 1. The van der Waals surface area contributed by atoms with Crippen LogP contribution in [0.3, 0.4) is 0 Å². The van der Waals surface area contributed by atoms with Gasteiger partial charge in [-0.1, -0.05) is 0 Å². The van der Waals surface area contributed by atoms with E-state index in [1.54, 1.807) is 6.07 Å². The summed E-state index contributed by atoms with van der Waals surface area (Å²) in [5.41, 5.74) is -0.771. The summed E-state index contributed by atoms with van der Waals surface area (Å²) in [7, 11) is 1.11. The number of nitrogens with zero attached hydrogens (tertiary/aromatic N) is 1. The van der Waals surface area contributed by atoms with Crippen LogP contribution in [0.25, 0.3) is 0 Å². The predicted molar refractivity (Wildman–Crippen MR) is 54.5 cm³/mol. The molecule has 1 aromatic rings. The lowest BCUT2D eigenvalue weighted by Gasteiger charge is -2.10. The number of ether oxygens (including phenoxy) is 2. The molecular formula is C11H7F2NO4. The van der Waals surface area contributed by atoms with Gasteiger partial charge in [-0.3, -0.25) is 4.79 Å². The van der Waals surface area contributed by atoms with Gasteiger partial charge in [0.05, 0.1) is 23.8 Å². The molecule has 94 valence electrons. The van der Waals surface area contributed by atoms with E-state index in [0.717, 1.165) is 19.2 Å². The van der Waals surface area contributed by atoms with Gasteiger partial charge in [-0.25, -0.2) is 4.79 Å². The Balaban J connectivity index is 3.40. The van der Waals surface area contributed by atoms with Gasteiger partial charge in [0.15, 0.2) is 12.0 Å². The maximum atomic E-state index is 12.1. The van der Waals surface area contributed by atoms with Crippen molar-refractivity contribution in [1.29, 1.82) is 5.26 Å². The Morgan fingerprint density at radius 3 is 2.61 bits per heavy atom. The van der Waals surface area contributed by atoms with E-state index in [-0.39, 0.29) is 23.0 Å². The molecule has 0 aliphatic heterocycles. The zero-order valence-electron chi connectivity index (χ0n) is 9.15. The van der Waals surface area contributed by atoms with Gasteiger partial charge < -0.3 is 9.47 Å². The molecule has 0 atom stereocenters. The lowest BCUT2D eigenvalue weighted by Crippen LogP contribution is -2.09. The Kier molecular flexibility index (Phi) is 4.32. The standard InChI is InChI=1S/C11H7F2NO4/c1-17-10(16)6-2-7(4-14)9(18-11(12)13)8(3-6)5-15/h2-3,5,11H,1H3. The number of rotatable bonds is 4. The number of hydrogen-bond donors (Lipinski definition) is 0. The quantitative estimate of drug-likeness (QED) is 0.605. The van der Waals surface area contributed by atoms with Gasteiger partial charge in [0.2, 0.25) is 0 Å². The average Bonchev–Trinajstić information content (AvgIpc) is 2.37. The summed E-state index contributed by atoms with van der Waals surface area (Å²) in [5, 5.41) is 8.79. The second-order valence-electron chi connectivity index (χ2n) is 3.04.